The van der Waals surface area contributed by atoms with E-state index >= 15 is 0 Å². The molecule has 0 saturated carbocycles. The third-order valence-corrected chi connectivity index (χ3v) is 3.06. The van der Waals surface area contributed by atoms with Gasteiger partial charge in [-0.2, -0.15) is 0 Å². The first-order chi connectivity index (χ1) is 8.95. The van der Waals surface area contributed by atoms with E-state index in [9.17, 15) is 9.59 Å². The molecule has 0 radical (unpaired) electrons. The maximum Gasteiger partial charge on any atom is 0.307 e. The lowest BCUT2D eigenvalue weighted by Crippen LogP contribution is -2.33. The van der Waals surface area contributed by atoms with Gasteiger partial charge < -0.3 is 10.1 Å². The topological polar surface area (TPSA) is 55.4 Å². The van der Waals surface area contributed by atoms with Gasteiger partial charge in [-0.15, -0.1) is 0 Å². The third-order valence-electron chi connectivity index (χ3n) is 2.72. The van der Waals surface area contributed by atoms with Crippen molar-refractivity contribution in [3.8, 4) is 0 Å². The zero-order valence-electron chi connectivity index (χ0n) is 11.3. The van der Waals surface area contributed by atoms with Crippen molar-refractivity contribution in [2.24, 2.45) is 5.92 Å². The molecule has 0 fully saturated rings. The van der Waals surface area contributed by atoms with Crippen LogP contribution in [0.2, 0.25) is 5.02 Å². The van der Waals surface area contributed by atoms with Gasteiger partial charge in [0.25, 0.3) is 0 Å². The summed E-state index contributed by atoms with van der Waals surface area (Å²) in [7, 11) is 1.32. The first-order valence-electron chi connectivity index (χ1n) is 6.07. The Morgan fingerprint density at radius 1 is 1.32 bits per heavy atom. The van der Waals surface area contributed by atoms with Gasteiger partial charge in [-0.25, -0.2) is 0 Å². The first kappa shape index (κ1) is 15.5. The number of nitrogens with one attached hydrogen (secondary N) is 1. The fourth-order valence-electron chi connectivity index (χ4n) is 1.58. The molecule has 0 heterocycles. The number of halogens is 1. The molecule has 1 rings (SSSR count). The Hall–Kier alpha value is -1.55. The van der Waals surface area contributed by atoms with Crippen molar-refractivity contribution in [3.63, 3.8) is 0 Å². The summed E-state index contributed by atoms with van der Waals surface area (Å²) < 4.78 is 4.65. The number of esters is 1. The largest absolute Gasteiger partial charge is 0.469 e. The summed E-state index contributed by atoms with van der Waals surface area (Å²) in [5, 5.41) is 3.33. The van der Waals surface area contributed by atoms with E-state index < -0.39 is 12.0 Å². The van der Waals surface area contributed by atoms with Crippen molar-refractivity contribution in [1.29, 1.82) is 0 Å². The zero-order chi connectivity index (χ0) is 14.4. The Morgan fingerprint density at radius 2 is 1.95 bits per heavy atom. The maximum absolute atomic E-state index is 11.8. The number of hydrogen-bond acceptors (Lipinski definition) is 3. The van der Waals surface area contributed by atoms with Crippen LogP contribution in [-0.4, -0.2) is 19.0 Å². The number of rotatable bonds is 5. The van der Waals surface area contributed by atoms with Crippen molar-refractivity contribution in [3.05, 3.63) is 34.9 Å². The predicted molar refractivity (Wildman–Crippen MR) is 73.8 cm³/mol. The summed E-state index contributed by atoms with van der Waals surface area (Å²) >= 11 is 6.11. The second-order valence-electron chi connectivity index (χ2n) is 4.52. The SMILES string of the molecule is COC(=O)C[C@@H](NC(=O)C(C)C)c1ccccc1Cl. The Labute approximate surface area is 118 Å². The van der Waals surface area contributed by atoms with Crippen LogP contribution in [0.15, 0.2) is 24.3 Å². The fraction of sp³-hybridized carbons (Fsp3) is 0.429. The molecule has 19 heavy (non-hydrogen) atoms. The molecule has 1 atom stereocenters. The second kappa shape index (κ2) is 7.14. The molecule has 4 nitrogen and oxygen atoms in total. The van der Waals surface area contributed by atoms with Gasteiger partial charge in [0.2, 0.25) is 5.91 Å². The Balaban J connectivity index is 2.95. The lowest BCUT2D eigenvalue weighted by molar-refractivity contribution is -0.141. The molecule has 0 saturated heterocycles. The molecule has 5 heteroatoms. The molecule has 0 aromatic heterocycles. The van der Waals surface area contributed by atoms with Crippen LogP contribution in [0.1, 0.15) is 31.9 Å². The minimum absolute atomic E-state index is 0.0543. The zero-order valence-corrected chi connectivity index (χ0v) is 12.0. The van der Waals surface area contributed by atoms with Crippen molar-refractivity contribution in [1.82, 2.24) is 5.32 Å². The van der Waals surface area contributed by atoms with Crippen molar-refractivity contribution in [2.45, 2.75) is 26.3 Å². The molecule has 0 bridgehead atoms. The van der Waals surface area contributed by atoms with Crippen molar-refractivity contribution >= 4 is 23.5 Å². The van der Waals surface area contributed by atoms with E-state index in [0.717, 1.165) is 0 Å². The van der Waals surface area contributed by atoms with E-state index in [1.165, 1.54) is 7.11 Å². The number of carbonyl (C=O) groups is 2. The van der Waals surface area contributed by atoms with Gasteiger partial charge in [0.15, 0.2) is 0 Å². The Kier molecular flexibility index (Phi) is 5.83. The van der Waals surface area contributed by atoms with Gasteiger partial charge in [-0.1, -0.05) is 43.6 Å². The molecule has 1 aromatic carbocycles. The number of amides is 1. The molecule has 1 aromatic rings. The molecule has 1 N–H and O–H groups in total. The highest BCUT2D eigenvalue weighted by molar-refractivity contribution is 6.31. The smallest absolute Gasteiger partial charge is 0.307 e. The summed E-state index contributed by atoms with van der Waals surface area (Å²) in [6.45, 7) is 3.58. The molecule has 0 aliphatic rings. The minimum atomic E-state index is -0.476. The van der Waals surface area contributed by atoms with Gasteiger partial charge in [-0.3, -0.25) is 9.59 Å². The number of methoxy groups -OCH3 is 1. The number of benzene rings is 1. The number of ether oxygens (including phenoxy) is 1. The van der Waals surface area contributed by atoms with E-state index in [2.05, 4.69) is 10.1 Å². The van der Waals surface area contributed by atoms with Crippen LogP contribution in [0.3, 0.4) is 0 Å². The van der Waals surface area contributed by atoms with Crippen LogP contribution < -0.4 is 5.32 Å². The van der Waals surface area contributed by atoms with E-state index in [1.807, 2.05) is 6.07 Å². The van der Waals surface area contributed by atoms with E-state index in [1.54, 1.807) is 32.0 Å². The second-order valence-corrected chi connectivity index (χ2v) is 4.92. The van der Waals surface area contributed by atoms with Crippen LogP contribution >= 0.6 is 11.6 Å². The lowest BCUT2D eigenvalue weighted by atomic mass is 10.0. The quantitative estimate of drug-likeness (QED) is 0.846. The lowest BCUT2D eigenvalue weighted by Gasteiger charge is -2.20. The normalized spacial score (nSPS) is 12.1. The molecule has 0 unspecified atom stereocenters. The van der Waals surface area contributed by atoms with Crippen LogP contribution in [0, 0.1) is 5.92 Å². The summed E-state index contributed by atoms with van der Waals surface area (Å²) in [4.78, 5) is 23.2. The summed E-state index contributed by atoms with van der Waals surface area (Å²) in [6, 6.07) is 6.65. The van der Waals surface area contributed by atoms with Crippen molar-refractivity contribution in [2.75, 3.05) is 7.11 Å². The summed E-state index contributed by atoms with van der Waals surface area (Å²) in [5.74, 6) is -0.689. The van der Waals surface area contributed by atoms with Crippen LogP contribution in [0.25, 0.3) is 0 Å². The minimum Gasteiger partial charge on any atom is -0.469 e. The highest BCUT2D eigenvalue weighted by atomic mass is 35.5. The highest BCUT2D eigenvalue weighted by Crippen LogP contribution is 2.25. The summed E-state index contributed by atoms with van der Waals surface area (Å²) in [5.41, 5.74) is 0.712. The number of carbonyl (C=O) groups excluding carboxylic acids is 2. The maximum atomic E-state index is 11.8. The van der Waals surface area contributed by atoms with Gasteiger partial charge >= 0.3 is 5.97 Å². The molecule has 104 valence electrons. The fourth-order valence-corrected chi connectivity index (χ4v) is 1.85. The van der Waals surface area contributed by atoms with Gasteiger partial charge in [0.1, 0.15) is 0 Å². The van der Waals surface area contributed by atoms with Crippen molar-refractivity contribution < 1.29 is 14.3 Å². The molecule has 0 aliphatic heterocycles. The third kappa shape index (κ3) is 4.56. The van der Waals surface area contributed by atoms with E-state index in [0.29, 0.717) is 10.6 Å². The molecular weight excluding hydrogens is 266 g/mol. The van der Waals surface area contributed by atoms with Crippen LogP contribution in [-0.2, 0) is 14.3 Å². The van der Waals surface area contributed by atoms with Gasteiger partial charge in [0, 0.05) is 10.9 Å². The highest BCUT2D eigenvalue weighted by Gasteiger charge is 2.21. The monoisotopic (exact) mass is 283 g/mol. The average Bonchev–Trinajstić information content (AvgIpc) is 2.38. The van der Waals surface area contributed by atoms with Crippen LogP contribution in [0.4, 0.5) is 0 Å². The standard InChI is InChI=1S/C14H18ClNO3/c1-9(2)14(18)16-12(8-13(17)19-3)10-6-4-5-7-11(10)15/h4-7,9,12H,8H2,1-3H3,(H,16,18)/t12-/m1/s1. The Bertz CT molecular complexity index is 460. The van der Waals surface area contributed by atoms with E-state index in [4.69, 9.17) is 11.6 Å². The molecule has 0 aliphatic carbocycles. The number of hydrogen-bond donors (Lipinski definition) is 1. The Morgan fingerprint density at radius 3 is 2.47 bits per heavy atom. The predicted octanol–water partition coefficient (Wildman–Crippen LogP) is 2.72. The summed E-state index contributed by atoms with van der Waals surface area (Å²) in [6.07, 6.45) is 0.0543. The molecule has 0 spiro atoms. The van der Waals surface area contributed by atoms with Gasteiger partial charge in [-0.05, 0) is 11.6 Å². The molecular formula is C14H18ClNO3. The average molecular weight is 284 g/mol. The van der Waals surface area contributed by atoms with Crippen LogP contribution in [0.5, 0.6) is 0 Å². The first-order valence-corrected chi connectivity index (χ1v) is 6.45. The van der Waals surface area contributed by atoms with E-state index in [-0.39, 0.29) is 18.2 Å². The van der Waals surface area contributed by atoms with Gasteiger partial charge in [0.05, 0.1) is 19.6 Å². The molecule has 1 amide bonds.